The van der Waals surface area contributed by atoms with Crippen LogP contribution in [0, 0.1) is 6.92 Å². The van der Waals surface area contributed by atoms with Crippen LogP contribution in [0.3, 0.4) is 0 Å². The summed E-state index contributed by atoms with van der Waals surface area (Å²) < 4.78 is 6.34. The van der Waals surface area contributed by atoms with Gasteiger partial charge in [0.1, 0.15) is 11.8 Å². The third-order valence-electron chi connectivity index (χ3n) is 7.62. The molecule has 3 aromatic rings. The molecule has 0 aliphatic carbocycles. The molecule has 2 aliphatic rings. The molecule has 0 radical (unpaired) electrons. The molecule has 0 saturated carbocycles. The molecule has 5 rings (SSSR count). The fourth-order valence-corrected chi connectivity index (χ4v) is 6.12. The van der Waals surface area contributed by atoms with Crippen LogP contribution in [0.4, 0.5) is 0 Å². The van der Waals surface area contributed by atoms with Gasteiger partial charge in [-0.1, -0.05) is 54.6 Å². The lowest BCUT2D eigenvalue weighted by Crippen LogP contribution is -2.60. The van der Waals surface area contributed by atoms with Gasteiger partial charge in [0, 0.05) is 36.4 Å². The number of piperidine rings is 1. The molecule has 0 bridgehead atoms. The van der Waals surface area contributed by atoms with Gasteiger partial charge in [0.05, 0.1) is 19.1 Å². The largest absolute Gasteiger partial charge is 0.353 e. The van der Waals surface area contributed by atoms with E-state index in [-0.39, 0.29) is 30.4 Å². The molecule has 1 spiro atoms. The Kier molecular flexibility index (Phi) is 7.63. The van der Waals surface area contributed by atoms with Crippen LogP contribution in [0.1, 0.15) is 52.2 Å². The van der Waals surface area contributed by atoms with Gasteiger partial charge < -0.3 is 15.0 Å². The highest BCUT2D eigenvalue weighted by Gasteiger charge is 2.54. The van der Waals surface area contributed by atoms with Crippen LogP contribution in [0.25, 0.3) is 0 Å². The summed E-state index contributed by atoms with van der Waals surface area (Å²) in [5.41, 5.74) is 1.46. The Morgan fingerprint density at radius 3 is 2.42 bits per heavy atom. The first-order valence-corrected chi connectivity index (χ1v) is 13.9. The first-order chi connectivity index (χ1) is 18.4. The van der Waals surface area contributed by atoms with E-state index in [1.165, 1.54) is 0 Å². The highest BCUT2D eigenvalue weighted by atomic mass is 32.1. The molecule has 1 aromatic heterocycles. The quantitative estimate of drug-likeness (QED) is 0.514. The number of nitrogens with one attached hydrogen (secondary N) is 1. The minimum Gasteiger partial charge on any atom is -0.353 e. The zero-order valence-corrected chi connectivity index (χ0v) is 22.6. The van der Waals surface area contributed by atoms with Gasteiger partial charge in [-0.15, -0.1) is 11.3 Å². The van der Waals surface area contributed by atoms with Crippen molar-refractivity contribution >= 4 is 29.1 Å². The van der Waals surface area contributed by atoms with Gasteiger partial charge in [-0.3, -0.25) is 19.3 Å². The number of hydrogen-bond acceptors (Lipinski definition) is 5. The second kappa shape index (κ2) is 11.1. The van der Waals surface area contributed by atoms with E-state index in [9.17, 15) is 14.4 Å². The van der Waals surface area contributed by atoms with Crippen LogP contribution < -0.4 is 5.32 Å². The third kappa shape index (κ3) is 5.24. The Morgan fingerprint density at radius 1 is 1.03 bits per heavy atom. The molecule has 8 heteroatoms. The number of amides is 3. The van der Waals surface area contributed by atoms with Crippen molar-refractivity contribution in [3.63, 3.8) is 0 Å². The molecule has 1 N–H and O–H groups in total. The zero-order valence-electron chi connectivity index (χ0n) is 21.8. The average Bonchev–Trinajstić information content (AvgIpc) is 3.57. The molecular formula is C30H33N3O4S. The molecule has 2 atom stereocenters. The van der Waals surface area contributed by atoms with E-state index in [1.807, 2.05) is 84.8 Å². The Bertz CT molecular complexity index is 1290. The Hall–Kier alpha value is -3.49. The van der Waals surface area contributed by atoms with Crippen LogP contribution in [0.2, 0.25) is 0 Å². The van der Waals surface area contributed by atoms with E-state index in [4.69, 9.17) is 4.74 Å². The maximum atomic E-state index is 14.0. The van der Waals surface area contributed by atoms with E-state index in [1.54, 1.807) is 22.3 Å². The molecule has 2 aliphatic heterocycles. The smallest absolute Gasteiger partial charge is 0.257 e. The van der Waals surface area contributed by atoms with E-state index in [0.717, 1.165) is 16.0 Å². The number of thiophene rings is 1. The Balaban J connectivity index is 1.37. The molecule has 3 heterocycles. The standard InChI is InChI=1S/C30H33N3O4S/c1-21-9-6-7-13-25(21)29(36)33-26(28(35)31-22(2)23-10-4-3-5-11-23)20-37-30(33)14-16-32(17-15-30)27(34)19-24-12-8-18-38-24/h3-13,18,22,26H,14-17,19-20H2,1-2H3,(H,31,35)/t22-,26+/m1/s1. The molecule has 2 fully saturated rings. The third-order valence-corrected chi connectivity index (χ3v) is 8.50. The van der Waals surface area contributed by atoms with E-state index >= 15 is 0 Å². The van der Waals surface area contributed by atoms with Crippen molar-refractivity contribution in [3.05, 3.63) is 93.7 Å². The maximum Gasteiger partial charge on any atom is 0.257 e. The number of ether oxygens (including phenoxy) is 1. The van der Waals surface area contributed by atoms with Gasteiger partial charge >= 0.3 is 0 Å². The number of aryl methyl sites for hydroxylation is 1. The molecule has 3 amide bonds. The number of benzene rings is 2. The van der Waals surface area contributed by atoms with E-state index in [2.05, 4.69) is 5.32 Å². The topological polar surface area (TPSA) is 79.0 Å². The molecule has 2 aromatic carbocycles. The summed E-state index contributed by atoms with van der Waals surface area (Å²) in [6.07, 6.45) is 1.29. The van der Waals surface area contributed by atoms with Crippen molar-refractivity contribution in [2.24, 2.45) is 0 Å². The summed E-state index contributed by atoms with van der Waals surface area (Å²) in [7, 11) is 0. The molecule has 38 heavy (non-hydrogen) atoms. The van der Waals surface area contributed by atoms with Crippen molar-refractivity contribution in [1.29, 1.82) is 0 Å². The van der Waals surface area contributed by atoms with Crippen molar-refractivity contribution < 1.29 is 19.1 Å². The summed E-state index contributed by atoms with van der Waals surface area (Å²) in [6.45, 7) is 4.89. The number of carbonyl (C=O) groups excluding carboxylic acids is 3. The van der Waals surface area contributed by atoms with E-state index in [0.29, 0.717) is 37.9 Å². The number of hydrogen-bond donors (Lipinski definition) is 1. The lowest BCUT2D eigenvalue weighted by Gasteiger charge is -2.44. The van der Waals surface area contributed by atoms with Gasteiger partial charge in [-0.05, 0) is 42.5 Å². The van der Waals surface area contributed by atoms with Crippen LogP contribution in [-0.4, -0.2) is 59.0 Å². The predicted octanol–water partition coefficient (Wildman–Crippen LogP) is 4.34. The Morgan fingerprint density at radius 2 is 1.74 bits per heavy atom. The van der Waals surface area contributed by atoms with Crippen LogP contribution in [0.5, 0.6) is 0 Å². The lowest BCUT2D eigenvalue weighted by atomic mass is 9.95. The second-order valence-electron chi connectivity index (χ2n) is 10.0. The molecule has 7 nitrogen and oxygen atoms in total. The highest BCUT2D eigenvalue weighted by molar-refractivity contribution is 7.10. The first kappa shape index (κ1) is 26.1. The number of nitrogens with zero attached hydrogens (tertiary/aromatic N) is 2. The van der Waals surface area contributed by atoms with Gasteiger partial charge in [-0.2, -0.15) is 0 Å². The van der Waals surface area contributed by atoms with Gasteiger partial charge in [-0.25, -0.2) is 0 Å². The lowest BCUT2D eigenvalue weighted by molar-refractivity contribution is -0.143. The number of carbonyl (C=O) groups is 3. The normalized spacial score (nSPS) is 19.4. The highest BCUT2D eigenvalue weighted by Crippen LogP contribution is 2.39. The summed E-state index contributed by atoms with van der Waals surface area (Å²) in [5.74, 6) is -0.383. The minimum atomic E-state index is -0.933. The SMILES string of the molecule is Cc1ccccc1C(=O)N1[C@H](C(=O)N[C@H](C)c2ccccc2)COC12CCN(C(=O)Cc1cccs1)CC2. The summed E-state index contributed by atoms with van der Waals surface area (Å²) in [5, 5.41) is 5.06. The van der Waals surface area contributed by atoms with Gasteiger partial charge in [0.15, 0.2) is 0 Å². The monoisotopic (exact) mass is 531 g/mol. The Labute approximate surface area is 227 Å². The molecule has 2 saturated heterocycles. The number of rotatable bonds is 6. The summed E-state index contributed by atoms with van der Waals surface area (Å²) in [6, 6.07) is 20.1. The molecular weight excluding hydrogens is 498 g/mol. The fraction of sp³-hybridized carbons (Fsp3) is 0.367. The average molecular weight is 532 g/mol. The summed E-state index contributed by atoms with van der Waals surface area (Å²) >= 11 is 1.57. The van der Waals surface area contributed by atoms with Crippen molar-refractivity contribution in [1.82, 2.24) is 15.1 Å². The zero-order chi connectivity index (χ0) is 26.7. The van der Waals surface area contributed by atoms with E-state index < -0.39 is 11.8 Å². The first-order valence-electron chi connectivity index (χ1n) is 13.1. The van der Waals surface area contributed by atoms with Crippen molar-refractivity contribution in [3.8, 4) is 0 Å². The summed E-state index contributed by atoms with van der Waals surface area (Å²) in [4.78, 5) is 45.1. The van der Waals surface area contributed by atoms with Crippen LogP contribution in [0.15, 0.2) is 72.1 Å². The number of likely N-dealkylation sites (tertiary alicyclic amines) is 1. The van der Waals surface area contributed by atoms with Gasteiger partial charge in [0.25, 0.3) is 5.91 Å². The fourth-order valence-electron chi connectivity index (χ4n) is 5.42. The maximum absolute atomic E-state index is 14.0. The van der Waals surface area contributed by atoms with Crippen LogP contribution >= 0.6 is 11.3 Å². The van der Waals surface area contributed by atoms with Gasteiger partial charge in [0.2, 0.25) is 11.8 Å². The molecule has 0 unspecified atom stereocenters. The van der Waals surface area contributed by atoms with Crippen LogP contribution in [-0.2, 0) is 20.7 Å². The van der Waals surface area contributed by atoms with Crippen molar-refractivity contribution in [2.45, 2.75) is 50.9 Å². The predicted molar refractivity (Wildman–Crippen MR) is 147 cm³/mol. The van der Waals surface area contributed by atoms with Crippen molar-refractivity contribution in [2.75, 3.05) is 19.7 Å². The second-order valence-corrected chi connectivity index (χ2v) is 11.1. The molecule has 198 valence electrons. The minimum absolute atomic E-state index is 0.0723.